The Kier molecular flexibility index (Phi) is 3.91. The number of aryl methyl sites for hydroxylation is 1. The van der Waals surface area contributed by atoms with Crippen molar-refractivity contribution < 1.29 is 0 Å². The van der Waals surface area contributed by atoms with Crippen LogP contribution in [-0.2, 0) is 13.5 Å². The molecular weight excluding hydrogens is 280 g/mol. The van der Waals surface area contributed by atoms with Gasteiger partial charge in [-0.2, -0.15) is 0 Å². The van der Waals surface area contributed by atoms with E-state index in [0.29, 0.717) is 0 Å². The van der Waals surface area contributed by atoms with Gasteiger partial charge < -0.3 is 9.88 Å². The lowest BCUT2D eigenvalue weighted by atomic mass is 10.1. The van der Waals surface area contributed by atoms with Crippen molar-refractivity contribution in [2.24, 2.45) is 7.05 Å². The smallest absolute Gasteiger partial charge is 0.0946 e. The highest BCUT2D eigenvalue weighted by Crippen LogP contribution is 2.17. The molecule has 5 heteroatoms. The molecule has 2 heterocycles. The largest absolute Gasteiger partial charge is 0.336 e. The molecule has 0 spiro atoms. The molecule has 0 aliphatic carbocycles. The molecular formula is C12H15BrN4. The summed E-state index contributed by atoms with van der Waals surface area (Å²) < 4.78 is 3.03. The van der Waals surface area contributed by atoms with E-state index in [2.05, 4.69) is 31.2 Å². The van der Waals surface area contributed by atoms with Gasteiger partial charge in [0.05, 0.1) is 18.1 Å². The van der Waals surface area contributed by atoms with Crippen LogP contribution in [0.4, 0.5) is 0 Å². The summed E-state index contributed by atoms with van der Waals surface area (Å²) in [6.45, 7) is 0. The van der Waals surface area contributed by atoms with Crippen LogP contribution in [0, 0.1) is 0 Å². The molecule has 1 N–H and O–H groups in total. The molecule has 2 aromatic heterocycles. The van der Waals surface area contributed by atoms with Crippen LogP contribution < -0.4 is 5.32 Å². The van der Waals surface area contributed by atoms with Gasteiger partial charge in [0, 0.05) is 36.0 Å². The molecule has 1 unspecified atom stereocenters. The van der Waals surface area contributed by atoms with Crippen LogP contribution in [0.2, 0.25) is 0 Å². The summed E-state index contributed by atoms with van der Waals surface area (Å²) in [5.41, 5.74) is 2.23. The molecule has 0 aliphatic rings. The fraction of sp³-hybridized carbons (Fsp3) is 0.333. The predicted octanol–water partition coefficient (Wildman–Crippen LogP) is 2.08. The van der Waals surface area contributed by atoms with Crippen molar-refractivity contribution in [2.45, 2.75) is 12.5 Å². The van der Waals surface area contributed by atoms with Gasteiger partial charge in [-0.3, -0.25) is 4.98 Å². The van der Waals surface area contributed by atoms with Gasteiger partial charge in [-0.05, 0) is 35.1 Å². The lowest BCUT2D eigenvalue weighted by Gasteiger charge is -2.16. The number of hydrogen-bond donors (Lipinski definition) is 1. The number of pyridine rings is 1. The maximum atomic E-state index is 4.39. The highest BCUT2D eigenvalue weighted by Gasteiger charge is 2.13. The highest BCUT2D eigenvalue weighted by atomic mass is 79.9. The first-order chi connectivity index (χ1) is 8.20. The average Bonchev–Trinajstić information content (AvgIpc) is 2.75. The van der Waals surface area contributed by atoms with E-state index in [1.165, 1.54) is 0 Å². The minimum Gasteiger partial charge on any atom is -0.336 e. The lowest BCUT2D eigenvalue weighted by Crippen LogP contribution is -2.21. The SMILES string of the molecule is CNC(Cc1ccc(Br)cn1)c1cncn1C. The van der Waals surface area contributed by atoms with Crippen molar-refractivity contribution in [3.8, 4) is 0 Å². The molecule has 17 heavy (non-hydrogen) atoms. The van der Waals surface area contributed by atoms with E-state index in [9.17, 15) is 0 Å². The number of nitrogens with zero attached hydrogens (tertiary/aromatic N) is 3. The number of halogens is 1. The number of imidazole rings is 1. The monoisotopic (exact) mass is 294 g/mol. The maximum Gasteiger partial charge on any atom is 0.0946 e. The summed E-state index contributed by atoms with van der Waals surface area (Å²) >= 11 is 3.39. The number of aromatic nitrogens is 3. The van der Waals surface area contributed by atoms with Crippen LogP contribution >= 0.6 is 15.9 Å². The van der Waals surface area contributed by atoms with Crippen molar-refractivity contribution in [1.82, 2.24) is 19.9 Å². The van der Waals surface area contributed by atoms with Gasteiger partial charge in [0.2, 0.25) is 0 Å². The molecule has 4 nitrogen and oxygen atoms in total. The molecule has 0 saturated heterocycles. The minimum absolute atomic E-state index is 0.233. The lowest BCUT2D eigenvalue weighted by molar-refractivity contribution is 0.549. The normalized spacial score (nSPS) is 12.6. The minimum atomic E-state index is 0.233. The maximum absolute atomic E-state index is 4.39. The quantitative estimate of drug-likeness (QED) is 0.939. The first-order valence-corrected chi connectivity index (χ1v) is 6.24. The van der Waals surface area contributed by atoms with Crippen LogP contribution in [0.25, 0.3) is 0 Å². The zero-order chi connectivity index (χ0) is 12.3. The van der Waals surface area contributed by atoms with Crippen LogP contribution in [-0.4, -0.2) is 21.6 Å². The molecule has 0 radical (unpaired) electrons. The Hall–Kier alpha value is -1.20. The summed E-state index contributed by atoms with van der Waals surface area (Å²) in [6.07, 6.45) is 6.38. The van der Waals surface area contributed by atoms with Crippen LogP contribution in [0.5, 0.6) is 0 Å². The molecule has 0 bridgehead atoms. The second-order valence-corrected chi connectivity index (χ2v) is 4.86. The van der Waals surface area contributed by atoms with Crippen LogP contribution in [0.15, 0.2) is 35.3 Å². The highest BCUT2D eigenvalue weighted by molar-refractivity contribution is 9.10. The molecule has 0 aromatic carbocycles. The summed E-state index contributed by atoms with van der Waals surface area (Å²) in [7, 11) is 3.96. The Labute approximate surface area is 109 Å². The zero-order valence-corrected chi connectivity index (χ0v) is 11.5. The summed E-state index contributed by atoms with van der Waals surface area (Å²) in [5, 5.41) is 3.30. The molecule has 1 atom stereocenters. The fourth-order valence-corrected chi connectivity index (χ4v) is 2.03. The van der Waals surface area contributed by atoms with E-state index in [1.807, 2.05) is 49.5 Å². The summed E-state index contributed by atoms with van der Waals surface area (Å²) in [6, 6.07) is 4.28. The summed E-state index contributed by atoms with van der Waals surface area (Å²) in [4.78, 5) is 8.53. The molecule has 0 saturated carbocycles. The van der Waals surface area contributed by atoms with Gasteiger partial charge in [-0.25, -0.2) is 4.98 Å². The third-order valence-electron chi connectivity index (χ3n) is 2.76. The molecule has 0 amide bonds. The van der Waals surface area contributed by atoms with E-state index in [0.717, 1.165) is 22.3 Å². The zero-order valence-electron chi connectivity index (χ0n) is 9.89. The number of rotatable bonds is 4. The fourth-order valence-electron chi connectivity index (χ4n) is 1.79. The van der Waals surface area contributed by atoms with Crippen molar-refractivity contribution in [3.63, 3.8) is 0 Å². The Morgan fingerprint density at radius 3 is 2.76 bits per heavy atom. The third kappa shape index (κ3) is 2.92. The van der Waals surface area contributed by atoms with Crippen LogP contribution in [0.1, 0.15) is 17.4 Å². The van der Waals surface area contributed by atoms with Crippen molar-refractivity contribution >= 4 is 15.9 Å². The van der Waals surface area contributed by atoms with Gasteiger partial charge in [0.15, 0.2) is 0 Å². The predicted molar refractivity (Wildman–Crippen MR) is 70.6 cm³/mol. The molecule has 90 valence electrons. The van der Waals surface area contributed by atoms with E-state index in [-0.39, 0.29) is 6.04 Å². The first kappa shape index (κ1) is 12.3. The number of hydrogen-bond acceptors (Lipinski definition) is 3. The van der Waals surface area contributed by atoms with Gasteiger partial charge >= 0.3 is 0 Å². The van der Waals surface area contributed by atoms with E-state index in [4.69, 9.17) is 0 Å². The molecule has 2 rings (SSSR count). The number of nitrogens with one attached hydrogen (secondary N) is 1. The molecule has 2 aromatic rings. The Morgan fingerprint density at radius 2 is 2.24 bits per heavy atom. The van der Waals surface area contributed by atoms with Crippen molar-refractivity contribution in [2.75, 3.05) is 7.05 Å². The summed E-state index contributed by atoms with van der Waals surface area (Å²) in [5.74, 6) is 0. The second kappa shape index (κ2) is 5.42. The Balaban J connectivity index is 2.16. The van der Waals surface area contributed by atoms with Gasteiger partial charge in [0.25, 0.3) is 0 Å². The van der Waals surface area contributed by atoms with Crippen molar-refractivity contribution in [3.05, 3.63) is 46.7 Å². The van der Waals surface area contributed by atoms with Gasteiger partial charge in [-0.15, -0.1) is 0 Å². The Bertz CT molecular complexity index is 478. The second-order valence-electron chi connectivity index (χ2n) is 3.94. The van der Waals surface area contributed by atoms with Gasteiger partial charge in [0.1, 0.15) is 0 Å². The third-order valence-corrected chi connectivity index (χ3v) is 3.23. The number of likely N-dealkylation sites (N-methyl/N-ethyl adjacent to an activating group) is 1. The first-order valence-electron chi connectivity index (χ1n) is 5.44. The van der Waals surface area contributed by atoms with E-state index < -0.39 is 0 Å². The Morgan fingerprint density at radius 1 is 1.41 bits per heavy atom. The van der Waals surface area contributed by atoms with E-state index >= 15 is 0 Å². The average molecular weight is 295 g/mol. The van der Waals surface area contributed by atoms with Crippen molar-refractivity contribution in [1.29, 1.82) is 0 Å². The standard InChI is InChI=1S/C12H15BrN4/c1-14-11(12-7-15-8-17(12)2)5-10-4-3-9(13)6-16-10/h3-4,6-8,11,14H,5H2,1-2H3. The van der Waals surface area contributed by atoms with Gasteiger partial charge in [-0.1, -0.05) is 0 Å². The molecule has 0 aliphatic heterocycles. The topological polar surface area (TPSA) is 42.7 Å². The van der Waals surface area contributed by atoms with E-state index in [1.54, 1.807) is 0 Å². The molecule has 0 fully saturated rings. The van der Waals surface area contributed by atoms with Crippen LogP contribution in [0.3, 0.4) is 0 Å².